The molecule has 2 nitrogen and oxygen atoms in total. The highest BCUT2D eigenvalue weighted by Crippen LogP contribution is 2.26. The zero-order valence-corrected chi connectivity index (χ0v) is 12.8. The average Bonchev–Trinajstić information content (AvgIpc) is 2.43. The van der Waals surface area contributed by atoms with Crippen LogP contribution in [0, 0.1) is 0 Å². The van der Waals surface area contributed by atoms with Gasteiger partial charge in [0.2, 0.25) is 0 Å². The summed E-state index contributed by atoms with van der Waals surface area (Å²) in [6, 6.07) is 14.9. The number of para-hydroxylation sites is 2. The lowest BCUT2D eigenvalue weighted by molar-refractivity contribution is 1.47. The topological polar surface area (TPSA) is 24.7 Å². The summed E-state index contributed by atoms with van der Waals surface area (Å²) in [5, 5.41) is 1.25. The zero-order chi connectivity index (χ0) is 14.5. The lowest BCUT2D eigenvalue weighted by atomic mass is 10.2. The van der Waals surface area contributed by atoms with E-state index in [1.165, 1.54) is 0 Å². The van der Waals surface area contributed by atoms with Crippen molar-refractivity contribution in [3.63, 3.8) is 0 Å². The van der Waals surface area contributed by atoms with Gasteiger partial charge in [-0.3, -0.25) is 9.98 Å². The van der Waals surface area contributed by atoms with Crippen LogP contribution in [0.4, 0.5) is 11.4 Å². The number of nitrogens with zero attached hydrogens (tertiary/aromatic N) is 2. The van der Waals surface area contributed by atoms with Crippen molar-refractivity contribution in [1.29, 1.82) is 0 Å². The first-order chi connectivity index (χ1) is 9.58. The summed E-state index contributed by atoms with van der Waals surface area (Å²) in [5.74, 6) is 0. The maximum atomic E-state index is 6.09. The van der Waals surface area contributed by atoms with Gasteiger partial charge >= 0.3 is 0 Å². The molecule has 0 fully saturated rings. The van der Waals surface area contributed by atoms with Gasteiger partial charge in [-0.2, -0.15) is 0 Å². The largest absolute Gasteiger partial charge is 0.250 e. The lowest BCUT2D eigenvalue weighted by Gasteiger charge is -2.03. The van der Waals surface area contributed by atoms with Crippen molar-refractivity contribution in [2.45, 2.75) is 13.8 Å². The van der Waals surface area contributed by atoms with Gasteiger partial charge in [-0.15, -0.1) is 0 Å². The van der Waals surface area contributed by atoms with Crippen LogP contribution in [0.1, 0.15) is 13.8 Å². The molecule has 0 spiro atoms. The van der Waals surface area contributed by atoms with E-state index < -0.39 is 0 Å². The number of hydrogen-bond donors (Lipinski definition) is 0. The molecule has 0 N–H and O–H groups in total. The van der Waals surface area contributed by atoms with Crippen LogP contribution in [-0.2, 0) is 0 Å². The van der Waals surface area contributed by atoms with Crippen LogP contribution < -0.4 is 0 Å². The quantitative estimate of drug-likeness (QED) is 0.633. The number of halogens is 2. The second kappa shape index (κ2) is 6.69. The van der Waals surface area contributed by atoms with Crippen LogP contribution in [0.5, 0.6) is 0 Å². The van der Waals surface area contributed by atoms with E-state index in [0.29, 0.717) is 10.0 Å². The Morgan fingerprint density at radius 3 is 1.40 bits per heavy atom. The van der Waals surface area contributed by atoms with Gasteiger partial charge in [-0.1, -0.05) is 47.5 Å². The van der Waals surface area contributed by atoms with Crippen molar-refractivity contribution >= 4 is 46.0 Å². The van der Waals surface area contributed by atoms with Gasteiger partial charge < -0.3 is 0 Å². The Bertz CT molecular complexity index is 616. The molecule has 0 atom stereocenters. The molecule has 2 aromatic rings. The Morgan fingerprint density at radius 1 is 0.700 bits per heavy atom. The highest BCUT2D eigenvalue weighted by molar-refractivity contribution is 6.42. The van der Waals surface area contributed by atoms with Crippen LogP contribution in [0.2, 0.25) is 10.0 Å². The molecule has 0 radical (unpaired) electrons. The highest BCUT2D eigenvalue weighted by atomic mass is 35.5. The molecule has 102 valence electrons. The molecule has 2 aromatic carbocycles. The monoisotopic (exact) mass is 304 g/mol. The standard InChI is InChI=1S/C16H14Cl2N2/c1-11(19-15-9-5-3-7-13(15)17)12(2)20-16-10-6-4-8-14(16)18/h3-10H,1-2H3. The minimum atomic E-state index is 0.623. The predicted molar refractivity (Wildman–Crippen MR) is 88.4 cm³/mol. The Hall–Kier alpha value is -1.64. The molecule has 0 amide bonds. The molecule has 0 aliphatic rings. The number of hydrogen-bond acceptors (Lipinski definition) is 2. The summed E-state index contributed by atoms with van der Waals surface area (Å²) < 4.78 is 0. The third kappa shape index (κ3) is 3.69. The first kappa shape index (κ1) is 14.8. The second-order valence-electron chi connectivity index (χ2n) is 4.30. The number of aliphatic imine (C=N–C) groups is 2. The third-order valence-electron chi connectivity index (χ3n) is 2.80. The highest BCUT2D eigenvalue weighted by Gasteiger charge is 2.03. The van der Waals surface area contributed by atoms with Gasteiger partial charge in [0.15, 0.2) is 0 Å². The van der Waals surface area contributed by atoms with E-state index in [1.807, 2.05) is 62.4 Å². The molecule has 4 heteroatoms. The Balaban J connectivity index is 2.32. The first-order valence-corrected chi connectivity index (χ1v) is 6.93. The fraction of sp³-hybridized carbons (Fsp3) is 0.125. The molecule has 2 rings (SSSR count). The maximum Gasteiger partial charge on any atom is 0.0819 e. The van der Waals surface area contributed by atoms with Crippen molar-refractivity contribution in [1.82, 2.24) is 0 Å². The summed E-state index contributed by atoms with van der Waals surface area (Å²) in [5.41, 5.74) is 3.08. The minimum Gasteiger partial charge on any atom is -0.250 e. The van der Waals surface area contributed by atoms with E-state index >= 15 is 0 Å². The van der Waals surface area contributed by atoms with Gasteiger partial charge in [0.1, 0.15) is 0 Å². The molecular formula is C16H14Cl2N2. The van der Waals surface area contributed by atoms with Crippen molar-refractivity contribution in [2.75, 3.05) is 0 Å². The van der Waals surface area contributed by atoms with Gasteiger partial charge in [0.25, 0.3) is 0 Å². The summed E-state index contributed by atoms with van der Waals surface area (Å²) in [6.45, 7) is 3.80. The molecule has 0 aliphatic heterocycles. The molecule has 0 bridgehead atoms. The van der Waals surface area contributed by atoms with Gasteiger partial charge in [-0.25, -0.2) is 0 Å². The third-order valence-corrected chi connectivity index (χ3v) is 3.44. The fourth-order valence-electron chi connectivity index (χ4n) is 1.61. The summed E-state index contributed by atoms with van der Waals surface area (Å²) in [6.07, 6.45) is 0. The van der Waals surface area contributed by atoms with E-state index in [4.69, 9.17) is 23.2 Å². The Kier molecular flexibility index (Phi) is 4.94. The fourth-order valence-corrected chi connectivity index (χ4v) is 1.96. The van der Waals surface area contributed by atoms with Crippen molar-refractivity contribution in [3.8, 4) is 0 Å². The van der Waals surface area contributed by atoms with Gasteiger partial charge in [0.05, 0.1) is 32.8 Å². The van der Waals surface area contributed by atoms with Crippen molar-refractivity contribution in [3.05, 3.63) is 58.6 Å². The smallest absolute Gasteiger partial charge is 0.0819 e. The Labute approximate surface area is 128 Å². The molecule has 0 heterocycles. The van der Waals surface area contributed by atoms with Crippen LogP contribution in [0.25, 0.3) is 0 Å². The van der Waals surface area contributed by atoms with Gasteiger partial charge in [-0.05, 0) is 38.1 Å². The van der Waals surface area contributed by atoms with Crippen LogP contribution in [0.3, 0.4) is 0 Å². The van der Waals surface area contributed by atoms with Crippen molar-refractivity contribution in [2.24, 2.45) is 9.98 Å². The van der Waals surface area contributed by atoms with Crippen LogP contribution in [0.15, 0.2) is 58.5 Å². The predicted octanol–water partition coefficient (Wildman–Crippen LogP) is 5.88. The second-order valence-corrected chi connectivity index (χ2v) is 5.11. The summed E-state index contributed by atoms with van der Waals surface area (Å²) in [4.78, 5) is 8.99. The molecule has 0 saturated heterocycles. The van der Waals surface area contributed by atoms with E-state index in [9.17, 15) is 0 Å². The zero-order valence-electron chi connectivity index (χ0n) is 11.3. The maximum absolute atomic E-state index is 6.09. The molecule has 0 saturated carbocycles. The first-order valence-electron chi connectivity index (χ1n) is 6.18. The van der Waals surface area contributed by atoms with Gasteiger partial charge in [0, 0.05) is 0 Å². The van der Waals surface area contributed by atoms with E-state index in [1.54, 1.807) is 0 Å². The number of rotatable bonds is 3. The normalized spacial score (nSPS) is 12.6. The van der Waals surface area contributed by atoms with E-state index in [0.717, 1.165) is 22.8 Å². The van der Waals surface area contributed by atoms with E-state index in [-0.39, 0.29) is 0 Å². The van der Waals surface area contributed by atoms with Crippen LogP contribution >= 0.6 is 23.2 Å². The molecule has 0 aromatic heterocycles. The van der Waals surface area contributed by atoms with Crippen molar-refractivity contribution < 1.29 is 0 Å². The lowest BCUT2D eigenvalue weighted by Crippen LogP contribution is -2.04. The molecular weight excluding hydrogens is 291 g/mol. The summed E-state index contributed by atoms with van der Waals surface area (Å²) >= 11 is 12.2. The number of benzene rings is 2. The molecule has 0 aliphatic carbocycles. The SMILES string of the molecule is CC(=Nc1ccccc1Cl)C(C)=Nc1ccccc1Cl. The van der Waals surface area contributed by atoms with Crippen LogP contribution in [-0.4, -0.2) is 11.4 Å². The Morgan fingerprint density at radius 2 is 1.05 bits per heavy atom. The summed E-state index contributed by atoms with van der Waals surface area (Å²) in [7, 11) is 0. The molecule has 0 unspecified atom stereocenters. The van der Waals surface area contributed by atoms with E-state index in [2.05, 4.69) is 9.98 Å². The average molecular weight is 305 g/mol. The molecule has 20 heavy (non-hydrogen) atoms. The minimum absolute atomic E-state index is 0.623.